The van der Waals surface area contributed by atoms with E-state index in [4.69, 9.17) is 5.11 Å². The van der Waals surface area contributed by atoms with E-state index in [0.29, 0.717) is 16.8 Å². The van der Waals surface area contributed by atoms with E-state index in [1.165, 1.54) is 12.1 Å². The Morgan fingerprint density at radius 2 is 2.11 bits per heavy atom. The van der Waals surface area contributed by atoms with Crippen molar-refractivity contribution >= 4 is 5.97 Å². The Kier molecular flexibility index (Phi) is 3.38. The Balaban J connectivity index is 2.54. The lowest BCUT2D eigenvalue weighted by Gasteiger charge is -2.07. The van der Waals surface area contributed by atoms with Crippen molar-refractivity contribution in [1.82, 2.24) is 9.78 Å². The summed E-state index contributed by atoms with van der Waals surface area (Å²) in [6.07, 6.45) is 1.82. The van der Waals surface area contributed by atoms with Gasteiger partial charge >= 0.3 is 5.97 Å². The highest BCUT2D eigenvalue weighted by Crippen LogP contribution is 2.25. The second-order valence-corrected chi connectivity index (χ2v) is 4.73. The third-order valence-corrected chi connectivity index (χ3v) is 2.96. The van der Waals surface area contributed by atoms with E-state index in [9.17, 15) is 9.18 Å². The van der Waals surface area contributed by atoms with Crippen LogP contribution in [-0.2, 0) is 0 Å². The summed E-state index contributed by atoms with van der Waals surface area (Å²) in [5, 5.41) is 13.3. The first-order valence-electron chi connectivity index (χ1n) is 5.99. The lowest BCUT2D eigenvalue weighted by Crippen LogP contribution is -2.03. The molecule has 0 aliphatic heterocycles. The van der Waals surface area contributed by atoms with E-state index in [2.05, 4.69) is 5.10 Å². The number of aromatic nitrogens is 2. The van der Waals surface area contributed by atoms with Crippen LogP contribution in [0.15, 0.2) is 24.4 Å². The van der Waals surface area contributed by atoms with Crippen LogP contribution >= 0.6 is 0 Å². The summed E-state index contributed by atoms with van der Waals surface area (Å²) < 4.78 is 15.3. The standard InChI is InChI=1S/C14H15FN2O2/c1-8(2)17-5-4-13(16-17)10-7-11(14(18)19)12(15)6-9(10)3/h4-8H,1-3H3,(H,18,19). The van der Waals surface area contributed by atoms with Crippen LogP contribution in [0.2, 0.25) is 0 Å². The van der Waals surface area contributed by atoms with E-state index in [0.717, 1.165) is 0 Å². The molecule has 0 atom stereocenters. The molecule has 1 aromatic carbocycles. The van der Waals surface area contributed by atoms with Gasteiger partial charge in [0, 0.05) is 17.8 Å². The summed E-state index contributed by atoms with van der Waals surface area (Å²) in [5.41, 5.74) is 1.61. The summed E-state index contributed by atoms with van der Waals surface area (Å²) in [7, 11) is 0. The molecule has 4 nitrogen and oxygen atoms in total. The van der Waals surface area contributed by atoms with Crippen LogP contribution in [0, 0.1) is 12.7 Å². The van der Waals surface area contributed by atoms with Gasteiger partial charge in [-0.2, -0.15) is 5.10 Å². The minimum absolute atomic E-state index is 0.216. The Bertz CT molecular complexity index is 632. The lowest BCUT2D eigenvalue weighted by molar-refractivity contribution is 0.0692. The third kappa shape index (κ3) is 2.50. The first-order valence-corrected chi connectivity index (χ1v) is 5.99. The molecular weight excluding hydrogens is 247 g/mol. The highest BCUT2D eigenvalue weighted by molar-refractivity contribution is 5.90. The number of halogens is 1. The van der Waals surface area contributed by atoms with Gasteiger partial charge < -0.3 is 5.11 Å². The second kappa shape index (κ2) is 4.84. The maximum Gasteiger partial charge on any atom is 0.338 e. The zero-order valence-electron chi connectivity index (χ0n) is 11.0. The molecule has 0 aliphatic rings. The van der Waals surface area contributed by atoms with Crippen molar-refractivity contribution in [3.05, 3.63) is 41.3 Å². The van der Waals surface area contributed by atoms with Gasteiger partial charge in [0.15, 0.2) is 0 Å². The topological polar surface area (TPSA) is 55.1 Å². The number of rotatable bonds is 3. The van der Waals surface area contributed by atoms with E-state index >= 15 is 0 Å². The summed E-state index contributed by atoms with van der Waals surface area (Å²) in [6, 6.07) is 4.58. The summed E-state index contributed by atoms with van der Waals surface area (Å²) in [4.78, 5) is 11.0. The quantitative estimate of drug-likeness (QED) is 0.923. The molecule has 2 aromatic rings. The smallest absolute Gasteiger partial charge is 0.338 e. The molecule has 0 radical (unpaired) electrons. The Morgan fingerprint density at radius 1 is 1.42 bits per heavy atom. The number of nitrogens with zero attached hydrogens (tertiary/aromatic N) is 2. The van der Waals surface area contributed by atoms with Crippen LogP contribution in [0.25, 0.3) is 11.3 Å². The largest absolute Gasteiger partial charge is 0.478 e. The number of aryl methyl sites for hydroxylation is 1. The van der Waals surface area contributed by atoms with Crippen molar-refractivity contribution in [2.24, 2.45) is 0 Å². The highest BCUT2D eigenvalue weighted by atomic mass is 19.1. The van der Waals surface area contributed by atoms with E-state index in [-0.39, 0.29) is 11.6 Å². The van der Waals surface area contributed by atoms with Gasteiger partial charge in [-0.1, -0.05) is 0 Å². The maximum atomic E-state index is 13.5. The number of hydrogen-bond acceptors (Lipinski definition) is 2. The molecule has 1 aromatic heterocycles. The molecule has 100 valence electrons. The number of benzene rings is 1. The van der Waals surface area contributed by atoms with E-state index in [1.54, 1.807) is 17.7 Å². The van der Waals surface area contributed by atoms with Gasteiger partial charge in [-0.3, -0.25) is 4.68 Å². The fourth-order valence-corrected chi connectivity index (χ4v) is 1.88. The SMILES string of the molecule is Cc1cc(F)c(C(=O)O)cc1-c1ccn(C(C)C)n1. The Labute approximate surface area is 110 Å². The second-order valence-electron chi connectivity index (χ2n) is 4.73. The van der Waals surface area contributed by atoms with Crippen LogP contribution < -0.4 is 0 Å². The van der Waals surface area contributed by atoms with Gasteiger partial charge in [0.25, 0.3) is 0 Å². The van der Waals surface area contributed by atoms with Crippen LogP contribution in [0.4, 0.5) is 4.39 Å². The zero-order valence-corrected chi connectivity index (χ0v) is 11.0. The maximum absolute atomic E-state index is 13.5. The van der Waals surface area contributed by atoms with Crippen molar-refractivity contribution < 1.29 is 14.3 Å². The molecule has 0 spiro atoms. The van der Waals surface area contributed by atoms with Crippen LogP contribution in [0.5, 0.6) is 0 Å². The van der Waals surface area contributed by atoms with Gasteiger partial charge in [-0.25, -0.2) is 9.18 Å². The molecule has 0 fully saturated rings. The Hall–Kier alpha value is -2.17. The first kappa shape index (κ1) is 13.3. The Morgan fingerprint density at radius 3 is 2.63 bits per heavy atom. The molecule has 1 heterocycles. The van der Waals surface area contributed by atoms with Gasteiger partial charge in [-0.05, 0) is 44.5 Å². The van der Waals surface area contributed by atoms with Gasteiger partial charge in [0.05, 0.1) is 11.3 Å². The molecule has 0 unspecified atom stereocenters. The fourth-order valence-electron chi connectivity index (χ4n) is 1.88. The number of carboxylic acid groups (broad SMARTS) is 1. The van der Waals surface area contributed by atoms with Gasteiger partial charge in [0.2, 0.25) is 0 Å². The molecule has 0 saturated heterocycles. The van der Waals surface area contributed by atoms with Crippen LogP contribution in [0.1, 0.15) is 35.8 Å². The minimum Gasteiger partial charge on any atom is -0.478 e. The van der Waals surface area contributed by atoms with Gasteiger partial charge in [0.1, 0.15) is 5.82 Å². The lowest BCUT2D eigenvalue weighted by atomic mass is 10.0. The predicted molar refractivity (Wildman–Crippen MR) is 69.7 cm³/mol. The molecule has 1 N–H and O–H groups in total. The summed E-state index contributed by atoms with van der Waals surface area (Å²) in [6.45, 7) is 5.73. The van der Waals surface area contributed by atoms with Crippen LogP contribution in [-0.4, -0.2) is 20.9 Å². The highest BCUT2D eigenvalue weighted by Gasteiger charge is 2.15. The molecule has 0 saturated carbocycles. The predicted octanol–water partition coefficient (Wildman–Crippen LogP) is 3.28. The normalized spacial score (nSPS) is 11.0. The van der Waals surface area contributed by atoms with Crippen molar-refractivity contribution in [2.75, 3.05) is 0 Å². The number of carbonyl (C=O) groups is 1. The van der Waals surface area contributed by atoms with Crippen molar-refractivity contribution in [2.45, 2.75) is 26.8 Å². The first-order chi connectivity index (χ1) is 8.90. The third-order valence-electron chi connectivity index (χ3n) is 2.96. The molecular formula is C14H15FN2O2. The van der Waals surface area contributed by atoms with Gasteiger partial charge in [-0.15, -0.1) is 0 Å². The molecule has 0 aliphatic carbocycles. The van der Waals surface area contributed by atoms with E-state index in [1.807, 2.05) is 20.0 Å². The van der Waals surface area contributed by atoms with Crippen molar-refractivity contribution in [3.8, 4) is 11.3 Å². The minimum atomic E-state index is -1.28. The van der Waals surface area contributed by atoms with Crippen molar-refractivity contribution in [3.63, 3.8) is 0 Å². The molecule has 2 rings (SSSR count). The van der Waals surface area contributed by atoms with E-state index < -0.39 is 11.8 Å². The summed E-state index contributed by atoms with van der Waals surface area (Å²) >= 11 is 0. The van der Waals surface area contributed by atoms with Crippen molar-refractivity contribution in [1.29, 1.82) is 0 Å². The number of carboxylic acids is 1. The molecule has 5 heteroatoms. The molecule has 0 bridgehead atoms. The summed E-state index contributed by atoms with van der Waals surface area (Å²) in [5.74, 6) is -2.00. The zero-order chi connectivity index (χ0) is 14.2. The number of hydrogen-bond donors (Lipinski definition) is 1. The fraction of sp³-hybridized carbons (Fsp3) is 0.286. The molecule has 0 amide bonds. The average Bonchev–Trinajstić information content (AvgIpc) is 2.77. The number of aromatic carboxylic acids is 1. The van der Waals surface area contributed by atoms with Crippen LogP contribution in [0.3, 0.4) is 0 Å². The monoisotopic (exact) mass is 262 g/mol. The average molecular weight is 262 g/mol. The molecule has 19 heavy (non-hydrogen) atoms.